The Morgan fingerprint density at radius 2 is 2.00 bits per heavy atom. The molecule has 1 N–H and O–H groups in total. The lowest BCUT2D eigenvalue weighted by Gasteiger charge is -2.40. The van der Waals surface area contributed by atoms with Crippen LogP contribution in [0.5, 0.6) is 0 Å². The van der Waals surface area contributed by atoms with Gasteiger partial charge in [0, 0.05) is 12.1 Å². The summed E-state index contributed by atoms with van der Waals surface area (Å²) in [5.41, 5.74) is 3.35. The van der Waals surface area contributed by atoms with Crippen LogP contribution in [0.3, 0.4) is 0 Å². The highest BCUT2D eigenvalue weighted by Crippen LogP contribution is 2.57. The molecule has 3 atom stereocenters. The first-order chi connectivity index (χ1) is 11.0. The number of rotatable bonds is 0. The molecular formula is C19H23NO3. The monoisotopic (exact) mass is 313 g/mol. The summed E-state index contributed by atoms with van der Waals surface area (Å²) in [6, 6.07) is 8.49. The van der Waals surface area contributed by atoms with Crippen molar-refractivity contribution >= 4 is 5.57 Å². The fraction of sp³-hybridized carbons (Fsp3) is 0.579. The van der Waals surface area contributed by atoms with Crippen LogP contribution < -0.4 is 0 Å². The molecule has 0 unspecified atom stereocenters. The lowest BCUT2D eigenvalue weighted by atomic mass is 9.82. The third kappa shape index (κ3) is 1.66. The van der Waals surface area contributed by atoms with E-state index in [9.17, 15) is 5.11 Å². The highest BCUT2D eigenvalue weighted by atomic mass is 16.8. The summed E-state index contributed by atoms with van der Waals surface area (Å²) in [4.78, 5) is 2.54. The number of hydrogen-bond donors (Lipinski definition) is 1. The minimum absolute atomic E-state index is 0.110. The quantitative estimate of drug-likeness (QED) is 0.800. The van der Waals surface area contributed by atoms with Gasteiger partial charge in [-0.2, -0.15) is 0 Å². The summed E-state index contributed by atoms with van der Waals surface area (Å²) >= 11 is 0. The van der Waals surface area contributed by atoms with Crippen molar-refractivity contribution in [2.75, 3.05) is 13.1 Å². The Labute approximate surface area is 136 Å². The summed E-state index contributed by atoms with van der Waals surface area (Å²) in [5.74, 6) is -0.245. The van der Waals surface area contributed by atoms with Crippen LogP contribution >= 0.6 is 0 Å². The molecular weight excluding hydrogens is 290 g/mol. The van der Waals surface area contributed by atoms with Crippen molar-refractivity contribution in [3.63, 3.8) is 0 Å². The van der Waals surface area contributed by atoms with Crippen LogP contribution in [0.4, 0.5) is 0 Å². The topological polar surface area (TPSA) is 41.9 Å². The van der Waals surface area contributed by atoms with Crippen LogP contribution in [-0.2, 0) is 15.9 Å². The van der Waals surface area contributed by atoms with Crippen LogP contribution in [0.2, 0.25) is 0 Å². The summed E-state index contributed by atoms with van der Waals surface area (Å²) in [6.45, 7) is 5.97. The van der Waals surface area contributed by atoms with E-state index in [0.717, 1.165) is 37.9 Å². The fourth-order valence-corrected chi connectivity index (χ4v) is 5.24. The number of hydrogen-bond acceptors (Lipinski definition) is 4. The van der Waals surface area contributed by atoms with E-state index in [4.69, 9.17) is 9.47 Å². The van der Waals surface area contributed by atoms with E-state index in [-0.39, 0.29) is 17.7 Å². The zero-order valence-electron chi connectivity index (χ0n) is 13.7. The van der Waals surface area contributed by atoms with E-state index in [1.54, 1.807) is 0 Å². The number of nitrogens with zero attached hydrogens (tertiary/aromatic N) is 1. The lowest BCUT2D eigenvalue weighted by Crippen LogP contribution is -2.53. The zero-order valence-corrected chi connectivity index (χ0v) is 13.7. The molecule has 5 rings (SSSR count). The maximum absolute atomic E-state index is 11.1. The Hall–Kier alpha value is -1.36. The molecule has 1 aliphatic carbocycles. The highest BCUT2D eigenvalue weighted by Gasteiger charge is 2.65. The van der Waals surface area contributed by atoms with Gasteiger partial charge < -0.3 is 14.6 Å². The van der Waals surface area contributed by atoms with Crippen molar-refractivity contribution < 1.29 is 14.6 Å². The van der Waals surface area contributed by atoms with E-state index < -0.39 is 5.79 Å². The maximum atomic E-state index is 11.1. The van der Waals surface area contributed by atoms with Gasteiger partial charge in [-0.3, -0.25) is 4.90 Å². The second kappa shape index (κ2) is 4.38. The Kier molecular flexibility index (Phi) is 2.67. The molecule has 0 radical (unpaired) electrons. The molecule has 1 aromatic carbocycles. The van der Waals surface area contributed by atoms with Gasteiger partial charge in [0.05, 0.1) is 5.54 Å². The first-order valence-corrected chi connectivity index (χ1v) is 8.65. The standard InChI is InChI=1S/C19H23NO3/c1-18(2)22-16-15(21)14-13-7-4-3-6-12(13)8-11-20-10-5-9-19(14,20)17(16)23-18/h3-4,6-7,16-17,21H,5,8-11H2,1-2H3/t16-,17-,19-/m1/s1. The van der Waals surface area contributed by atoms with Crippen LogP contribution in [0.1, 0.15) is 37.8 Å². The molecule has 2 saturated heterocycles. The minimum atomic E-state index is -0.635. The normalized spacial score (nSPS) is 38.0. The van der Waals surface area contributed by atoms with Crippen molar-refractivity contribution in [1.29, 1.82) is 0 Å². The molecule has 4 heteroatoms. The minimum Gasteiger partial charge on any atom is -0.509 e. The van der Waals surface area contributed by atoms with E-state index in [1.165, 1.54) is 11.1 Å². The predicted octanol–water partition coefficient (Wildman–Crippen LogP) is 2.88. The van der Waals surface area contributed by atoms with Gasteiger partial charge in [-0.15, -0.1) is 0 Å². The maximum Gasteiger partial charge on any atom is 0.164 e. The largest absolute Gasteiger partial charge is 0.509 e. The van der Waals surface area contributed by atoms with Crippen LogP contribution in [0.25, 0.3) is 5.57 Å². The van der Waals surface area contributed by atoms with Crippen molar-refractivity contribution in [1.82, 2.24) is 4.90 Å². The Morgan fingerprint density at radius 1 is 1.17 bits per heavy atom. The molecule has 1 aromatic rings. The number of benzene rings is 1. The average molecular weight is 313 g/mol. The van der Waals surface area contributed by atoms with Crippen molar-refractivity contribution in [2.45, 2.75) is 56.6 Å². The molecule has 0 saturated carbocycles. The van der Waals surface area contributed by atoms with Crippen molar-refractivity contribution in [3.8, 4) is 0 Å². The van der Waals surface area contributed by atoms with Gasteiger partial charge in [0.1, 0.15) is 18.0 Å². The van der Waals surface area contributed by atoms with Crippen LogP contribution in [0, 0.1) is 0 Å². The molecule has 2 fully saturated rings. The first kappa shape index (κ1) is 14.0. The summed E-state index contributed by atoms with van der Waals surface area (Å²) in [5, 5.41) is 11.1. The van der Waals surface area contributed by atoms with Crippen molar-refractivity contribution in [3.05, 3.63) is 41.2 Å². The number of fused-ring (bicyclic) bond motifs is 3. The summed E-state index contributed by atoms with van der Waals surface area (Å²) in [6.07, 6.45) is 2.75. The zero-order chi connectivity index (χ0) is 15.8. The second-order valence-corrected chi connectivity index (χ2v) is 7.66. The number of aliphatic hydroxyl groups excluding tert-OH is 1. The number of aliphatic hydroxyl groups is 1. The third-order valence-corrected chi connectivity index (χ3v) is 6.01. The van der Waals surface area contributed by atoms with Gasteiger partial charge in [-0.1, -0.05) is 24.3 Å². The molecule has 1 spiro atoms. The molecule has 0 aromatic heterocycles. The van der Waals surface area contributed by atoms with Crippen LogP contribution in [-0.4, -0.2) is 46.6 Å². The molecule has 0 amide bonds. The second-order valence-electron chi connectivity index (χ2n) is 7.66. The Bertz CT molecular complexity index is 710. The fourth-order valence-electron chi connectivity index (χ4n) is 5.24. The molecule has 4 aliphatic rings. The first-order valence-electron chi connectivity index (χ1n) is 8.65. The highest BCUT2D eigenvalue weighted by molar-refractivity contribution is 5.82. The smallest absolute Gasteiger partial charge is 0.164 e. The van der Waals surface area contributed by atoms with Gasteiger partial charge in [0.2, 0.25) is 0 Å². The van der Waals surface area contributed by atoms with E-state index in [1.807, 2.05) is 13.8 Å². The SMILES string of the molecule is CC1(C)O[C@@H]2C(O)=C3c4ccccc4CCN4CCC[C@]34[C@@H]2O1. The van der Waals surface area contributed by atoms with Gasteiger partial charge in [-0.25, -0.2) is 0 Å². The van der Waals surface area contributed by atoms with Gasteiger partial charge in [-0.05, 0) is 50.8 Å². The van der Waals surface area contributed by atoms with Gasteiger partial charge >= 0.3 is 0 Å². The van der Waals surface area contributed by atoms with E-state index in [2.05, 4.69) is 29.2 Å². The number of ether oxygens (including phenoxy) is 2. The third-order valence-electron chi connectivity index (χ3n) is 6.01. The molecule has 3 aliphatic heterocycles. The van der Waals surface area contributed by atoms with E-state index >= 15 is 0 Å². The van der Waals surface area contributed by atoms with Crippen LogP contribution in [0.15, 0.2) is 30.0 Å². The molecule has 23 heavy (non-hydrogen) atoms. The summed E-state index contributed by atoms with van der Waals surface area (Å²) < 4.78 is 12.4. The molecule has 3 heterocycles. The van der Waals surface area contributed by atoms with E-state index in [0.29, 0.717) is 5.76 Å². The van der Waals surface area contributed by atoms with Gasteiger partial charge in [0.25, 0.3) is 0 Å². The molecule has 122 valence electrons. The van der Waals surface area contributed by atoms with Crippen molar-refractivity contribution in [2.24, 2.45) is 0 Å². The lowest BCUT2D eigenvalue weighted by molar-refractivity contribution is -0.156. The average Bonchev–Trinajstić information content (AvgIpc) is 3.10. The van der Waals surface area contributed by atoms with Gasteiger partial charge in [0.15, 0.2) is 5.79 Å². The molecule has 4 nitrogen and oxygen atoms in total. The summed E-state index contributed by atoms with van der Waals surface area (Å²) in [7, 11) is 0. The molecule has 0 bridgehead atoms. The Balaban J connectivity index is 1.76. The predicted molar refractivity (Wildman–Crippen MR) is 87.1 cm³/mol. The Morgan fingerprint density at radius 3 is 2.87 bits per heavy atom.